The van der Waals surface area contributed by atoms with Gasteiger partial charge in [-0.25, -0.2) is 4.21 Å². The van der Waals surface area contributed by atoms with Gasteiger partial charge in [-0.1, -0.05) is 70.5 Å². The molecule has 3 aromatic carbocycles. The number of rotatable bonds is 3. The van der Waals surface area contributed by atoms with E-state index in [9.17, 15) is 9.00 Å². The number of benzene rings is 3. The van der Waals surface area contributed by atoms with E-state index in [1.807, 2.05) is 66.7 Å². The fourth-order valence-corrected chi connectivity index (χ4v) is 4.93. The number of hydrogen-bond donors (Lipinski definition) is 0. The number of ketones is 1. The maximum absolute atomic E-state index is 13.3. The van der Waals surface area contributed by atoms with Crippen LogP contribution in [0.5, 0.6) is 0 Å². The Bertz CT molecular complexity index is 1040. The summed E-state index contributed by atoms with van der Waals surface area (Å²) in [7, 11) is -1.38. The molecule has 1 atom stereocenters. The number of fused-ring (bicyclic) bond motifs is 1. The lowest BCUT2D eigenvalue weighted by atomic mass is 9.94. The maximum atomic E-state index is 13.3. The molecule has 0 amide bonds. The smallest absolute Gasteiger partial charge is 0.191 e. The van der Waals surface area contributed by atoms with Crippen LogP contribution in [0.4, 0.5) is 0 Å². The van der Waals surface area contributed by atoms with E-state index in [-0.39, 0.29) is 5.78 Å². The number of Topliss-reactive ketones (excluding diaryl/α,β-unsaturated/α-hetero) is 1. The molecule has 1 heterocycles. The molecule has 0 bridgehead atoms. The molecule has 1 aliphatic rings. The summed E-state index contributed by atoms with van der Waals surface area (Å²) in [5.74, 6) is -0.0398. The molecule has 0 aromatic heterocycles. The number of halogens is 1. The van der Waals surface area contributed by atoms with Gasteiger partial charge in [-0.3, -0.25) is 4.79 Å². The number of allylic oxidation sites excluding steroid dienone is 1. The Morgan fingerprint density at radius 2 is 1.46 bits per heavy atom. The van der Waals surface area contributed by atoms with E-state index < -0.39 is 10.8 Å². The zero-order valence-electron chi connectivity index (χ0n) is 13.8. The van der Waals surface area contributed by atoms with Crippen LogP contribution in [-0.2, 0) is 17.2 Å². The summed E-state index contributed by atoms with van der Waals surface area (Å²) in [4.78, 5) is 14.4. The number of carbonyl (C=O) groups excluding carboxylic acids is 1. The van der Waals surface area contributed by atoms with E-state index >= 15 is 0 Å². The van der Waals surface area contributed by atoms with Crippen molar-refractivity contribution < 1.29 is 9.00 Å². The Balaban J connectivity index is 1.90. The molecule has 0 N–H and O–H groups in total. The molecular formula is C22H15BrO2S. The largest absolute Gasteiger partial charge is 0.289 e. The molecule has 1 unspecified atom stereocenters. The zero-order valence-corrected chi connectivity index (χ0v) is 16.2. The van der Waals surface area contributed by atoms with Gasteiger partial charge in [0.2, 0.25) is 0 Å². The average Bonchev–Trinajstić information content (AvgIpc) is 2.68. The molecule has 0 radical (unpaired) electrons. The van der Waals surface area contributed by atoms with Gasteiger partial charge in [0.05, 0.1) is 20.6 Å². The zero-order chi connectivity index (χ0) is 18.1. The topological polar surface area (TPSA) is 34.1 Å². The SMILES string of the molecule is O=C1C(Cc2ccc(Br)cc2)=C(c2ccccc2)S(=O)c2ccccc21. The highest BCUT2D eigenvalue weighted by atomic mass is 79.9. The normalized spacial score (nSPS) is 16.5. The second-order valence-electron chi connectivity index (χ2n) is 6.07. The van der Waals surface area contributed by atoms with Gasteiger partial charge in [0.25, 0.3) is 0 Å². The first-order valence-electron chi connectivity index (χ1n) is 8.23. The summed E-state index contributed by atoms with van der Waals surface area (Å²) in [5, 5.41) is 0. The third kappa shape index (κ3) is 3.11. The third-order valence-corrected chi connectivity index (χ3v) is 6.53. The van der Waals surface area contributed by atoms with Crippen LogP contribution < -0.4 is 0 Å². The summed E-state index contributed by atoms with van der Waals surface area (Å²) >= 11 is 3.43. The molecule has 3 aromatic rings. The quantitative estimate of drug-likeness (QED) is 0.565. The first-order valence-corrected chi connectivity index (χ1v) is 10.2. The van der Waals surface area contributed by atoms with Gasteiger partial charge >= 0.3 is 0 Å². The average molecular weight is 423 g/mol. The van der Waals surface area contributed by atoms with E-state index in [4.69, 9.17) is 0 Å². The molecule has 0 spiro atoms. The lowest BCUT2D eigenvalue weighted by molar-refractivity contribution is 0.102. The van der Waals surface area contributed by atoms with E-state index in [0.29, 0.717) is 27.4 Å². The second kappa shape index (κ2) is 7.14. The first-order chi connectivity index (χ1) is 12.6. The van der Waals surface area contributed by atoms with Gasteiger partial charge in [-0.2, -0.15) is 0 Å². The van der Waals surface area contributed by atoms with Crippen LogP contribution in [0.2, 0.25) is 0 Å². The van der Waals surface area contributed by atoms with Crippen molar-refractivity contribution in [3.8, 4) is 0 Å². The van der Waals surface area contributed by atoms with Crippen LogP contribution >= 0.6 is 15.9 Å². The fraction of sp³-hybridized carbons (Fsp3) is 0.0455. The molecule has 4 rings (SSSR count). The summed E-state index contributed by atoms with van der Waals surface area (Å²) in [5.41, 5.74) is 3.00. The van der Waals surface area contributed by atoms with Gasteiger partial charge < -0.3 is 0 Å². The van der Waals surface area contributed by atoms with Crippen LogP contribution in [0.1, 0.15) is 21.5 Å². The standard InChI is InChI=1S/C22H15BrO2S/c23-17-12-10-15(11-13-17)14-19-21(24)18-8-4-5-9-20(18)26(25)22(19)16-6-2-1-3-7-16/h1-13H,14H2. The fourth-order valence-electron chi connectivity index (χ4n) is 3.14. The van der Waals surface area contributed by atoms with Gasteiger partial charge in [0.15, 0.2) is 5.78 Å². The van der Waals surface area contributed by atoms with Crippen molar-refractivity contribution in [3.63, 3.8) is 0 Å². The molecule has 4 heteroatoms. The van der Waals surface area contributed by atoms with Crippen LogP contribution in [0.3, 0.4) is 0 Å². The molecule has 1 aliphatic heterocycles. The highest BCUT2D eigenvalue weighted by molar-refractivity contribution is 9.10. The summed E-state index contributed by atoms with van der Waals surface area (Å²) in [6, 6.07) is 24.6. The summed E-state index contributed by atoms with van der Waals surface area (Å²) in [6.45, 7) is 0. The second-order valence-corrected chi connectivity index (χ2v) is 8.37. The molecule has 0 fully saturated rings. The molecule has 0 saturated carbocycles. The van der Waals surface area contributed by atoms with Crippen LogP contribution in [0.25, 0.3) is 4.91 Å². The molecule has 26 heavy (non-hydrogen) atoms. The summed E-state index contributed by atoms with van der Waals surface area (Å²) < 4.78 is 14.3. The van der Waals surface area contributed by atoms with Crippen molar-refractivity contribution in [2.24, 2.45) is 0 Å². The van der Waals surface area contributed by atoms with Crippen molar-refractivity contribution in [2.45, 2.75) is 11.3 Å². The lowest BCUT2D eigenvalue weighted by Gasteiger charge is -2.22. The van der Waals surface area contributed by atoms with Crippen molar-refractivity contribution in [2.75, 3.05) is 0 Å². The maximum Gasteiger partial charge on any atom is 0.191 e. The minimum absolute atomic E-state index is 0.0398. The van der Waals surface area contributed by atoms with E-state index in [2.05, 4.69) is 15.9 Å². The van der Waals surface area contributed by atoms with Crippen LogP contribution in [0, 0.1) is 0 Å². The first kappa shape index (κ1) is 17.1. The van der Waals surface area contributed by atoms with Crippen molar-refractivity contribution in [1.29, 1.82) is 0 Å². The van der Waals surface area contributed by atoms with Crippen LogP contribution in [0.15, 0.2) is 93.8 Å². The highest BCUT2D eigenvalue weighted by Gasteiger charge is 2.31. The Morgan fingerprint density at radius 3 is 2.19 bits per heavy atom. The Kier molecular flexibility index (Phi) is 4.70. The minimum Gasteiger partial charge on any atom is -0.289 e. The number of hydrogen-bond acceptors (Lipinski definition) is 2. The van der Waals surface area contributed by atoms with Crippen molar-refractivity contribution >= 4 is 37.4 Å². The molecule has 0 aliphatic carbocycles. The van der Waals surface area contributed by atoms with E-state index in [1.54, 1.807) is 12.1 Å². The monoisotopic (exact) mass is 422 g/mol. The predicted octanol–water partition coefficient (Wildman–Crippen LogP) is 5.41. The Hall–Kier alpha value is -2.30. The molecule has 2 nitrogen and oxygen atoms in total. The molecule has 128 valence electrons. The minimum atomic E-state index is -1.38. The van der Waals surface area contributed by atoms with Gasteiger partial charge in [0.1, 0.15) is 0 Å². The molecule has 0 saturated heterocycles. The van der Waals surface area contributed by atoms with Crippen molar-refractivity contribution in [3.05, 3.63) is 106 Å². The number of carbonyl (C=O) groups is 1. The Morgan fingerprint density at radius 1 is 0.808 bits per heavy atom. The Labute approximate surface area is 163 Å². The van der Waals surface area contributed by atoms with E-state index in [1.165, 1.54) is 0 Å². The van der Waals surface area contributed by atoms with Crippen LogP contribution in [-0.4, -0.2) is 9.99 Å². The third-order valence-electron chi connectivity index (χ3n) is 4.40. The van der Waals surface area contributed by atoms with Gasteiger partial charge in [-0.05, 0) is 35.4 Å². The van der Waals surface area contributed by atoms with Gasteiger partial charge in [-0.15, -0.1) is 0 Å². The summed E-state index contributed by atoms with van der Waals surface area (Å²) in [6.07, 6.45) is 0.455. The molecular weight excluding hydrogens is 408 g/mol. The predicted molar refractivity (Wildman–Crippen MR) is 108 cm³/mol. The van der Waals surface area contributed by atoms with Gasteiger partial charge in [0, 0.05) is 22.0 Å². The lowest BCUT2D eigenvalue weighted by Crippen LogP contribution is -2.19. The van der Waals surface area contributed by atoms with E-state index in [0.717, 1.165) is 15.6 Å². The van der Waals surface area contributed by atoms with Crippen molar-refractivity contribution in [1.82, 2.24) is 0 Å². The highest BCUT2D eigenvalue weighted by Crippen LogP contribution is 2.37.